The van der Waals surface area contributed by atoms with Crippen LogP contribution in [0.1, 0.15) is 22.9 Å². The Kier molecular flexibility index (Phi) is 4.68. The highest BCUT2D eigenvalue weighted by Crippen LogP contribution is 2.21. The number of ether oxygens (including phenoxy) is 1. The van der Waals surface area contributed by atoms with Crippen LogP contribution in [0.25, 0.3) is 0 Å². The van der Waals surface area contributed by atoms with Gasteiger partial charge >= 0.3 is 0 Å². The highest BCUT2D eigenvalue weighted by molar-refractivity contribution is 5.30. The molecular formula is C14H20N4O. The van der Waals surface area contributed by atoms with Crippen molar-refractivity contribution < 1.29 is 4.74 Å². The van der Waals surface area contributed by atoms with Gasteiger partial charge in [-0.1, -0.05) is 29.8 Å². The molecule has 1 atom stereocenters. The van der Waals surface area contributed by atoms with Gasteiger partial charge in [-0.3, -0.25) is 10.5 Å². The fourth-order valence-corrected chi connectivity index (χ4v) is 2.15. The van der Waals surface area contributed by atoms with E-state index in [1.807, 2.05) is 16.8 Å². The summed E-state index contributed by atoms with van der Waals surface area (Å²) < 4.78 is 7.01. The normalized spacial score (nSPS) is 12.6. The lowest BCUT2D eigenvalue weighted by molar-refractivity contribution is 0.182. The maximum absolute atomic E-state index is 5.72. The third kappa shape index (κ3) is 3.20. The van der Waals surface area contributed by atoms with Gasteiger partial charge in [0.25, 0.3) is 0 Å². The predicted molar refractivity (Wildman–Crippen MR) is 74.4 cm³/mol. The Morgan fingerprint density at radius 2 is 2.26 bits per heavy atom. The largest absolute Gasteiger partial charge is 0.383 e. The minimum Gasteiger partial charge on any atom is -0.383 e. The van der Waals surface area contributed by atoms with Crippen molar-refractivity contribution in [3.63, 3.8) is 0 Å². The van der Waals surface area contributed by atoms with E-state index in [0.29, 0.717) is 13.2 Å². The van der Waals surface area contributed by atoms with E-state index in [9.17, 15) is 0 Å². The number of nitrogens with two attached hydrogens (primary N) is 1. The van der Waals surface area contributed by atoms with Crippen LogP contribution in [0.2, 0.25) is 0 Å². The van der Waals surface area contributed by atoms with Gasteiger partial charge in [0.05, 0.1) is 24.9 Å². The number of hydrazine groups is 1. The van der Waals surface area contributed by atoms with Crippen molar-refractivity contribution in [2.45, 2.75) is 19.5 Å². The van der Waals surface area contributed by atoms with Crippen LogP contribution in [0, 0.1) is 6.92 Å². The first kappa shape index (κ1) is 13.7. The second kappa shape index (κ2) is 6.47. The first-order chi connectivity index (χ1) is 9.26. The molecule has 5 heteroatoms. The van der Waals surface area contributed by atoms with E-state index in [1.165, 1.54) is 5.56 Å². The quantitative estimate of drug-likeness (QED) is 0.608. The standard InChI is InChI=1S/C14H20N4O/c1-11-4-3-5-12(10-11)14(17-15)13-6-7-16-18(13)8-9-19-2/h3-7,10,14,17H,8-9,15H2,1-2H3. The van der Waals surface area contributed by atoms with Crippen molar-refractivity contribution in [1.29, 1.82) is 0 Å². The van der Waals surface area contributed by atoms with Crippen LogP contribution in [0.5, 0.6) is 0 Å². The van der Waals surface area contributed by atoms with Gasteiger partial charge in [-0.15, -0.1) is 0 Å². The Labute approximate surface area is 113 Å². The maximum Gasteiger partial charge on any atom is 0.0878 e. The number of benzene rings is 1. The lowest BCUT2D eigenvalue weighted by Crippen LogP contribution is -2.31. The van der Waals surface area contributed by atoms with Crippen molar-refractivity contribution in [2.24, 2.45) is 5.84 Å². The summed E-state index contributed by atoms with van der Waals surface area (Å²) in [5.41, 5.74) is 6.23. The highest BCUT2D eigenvalue weighted by Gasteiger charge is 2.16. The molecule has 3 N–H and O–H groups in total. The van der Waals surface area contributed by atoms with E-state index in [4.69, 9.17) is 10.6 Å². The average molecular weight is 260 g/mol. The molecule has 0 aliphatic rings. The zero-order valence-corrected chi connectivity index (χ0v) is 11.3. The highest BCUT2D eigenvalue weighted by atomic mass is 16.5. The molecule has 5 nitrogen and oxygen atoms in total. The minimum absolute atomic E-state index is 0.0701. The SMILES string of the molecule is COCCn1nccc1C(NN)c1cccc(C)c1. The summed E-state index contributed by atoms with van der Waals surface area (Å²) in [4.78, 5) is 0. The van der Waals surface area contributed by atoms with Crippen LogP contribution in [-0.2, 0) is 11.3 Å². The monoisotopic (exact) mass is 260 g/mol. The van der Waals surface area contributed by atoms with Crippen LogP contribution < -0.4 is 11.3 Å². The third-order valence-corrected chi connectivity index (χ3v) is 3.09. The van der Waals surface area contributed by atoms with E-state index in [1.54, 1.807) is 13.3 Å². The Hall–Kier alpha value is -1.69. The van der Waals surface area contributed by atoms with E-state index in [0.717, 1.165) is 11.3 Å². The van der Waals surface area contributed by atoms with Crippen LogP contribution in [0.4, 0.5) is 0 Å². The first-order valence-electron chi connectivity index (χ1n) is 6.29. The van der Waals surface area contributed by atoms with Gasteiger partial charge in [0, 0.05) is 13.3 Å². The predicted octanol–water partition coefficient (Wildman–Crippen LogP) is 1.39. The van der Waals surface area contributed by atoms with E-state index in [2.05, 4.69) is 35.6 Å². The zero-order chi connectivity index (χ0) is 13.7. The molecule has 19 heavy (non-hydrogen) atoms. The topological polar surface area (TPSA) is 65.1 Å². The van der Waals surface area contributed by atoms with Gasteiger partial charge in [0.15, 0.2) is 0 Å². The number of hydrogen-bond donors (Lipinski definition) is 2. The minimum atomic E-state index is -0.0701. The third-order valence-electron chi connectivity index (χ3n) is 3.09. The van der Waals surface area contributed by atoms with Gasteiger partial charge in [-0.2, -0.15) is 5.10 Å². The Bertz CT molecular complexity index is 524. The number of aryl methyl sites for hydroxylation is 1. The molecule has 0 fully saturated rings. The number of nitrogens with one attached hydrogen (secondary N) is 1. The van der Waals surface area contributed by atoms with Gasteiger partial charge in [0.2, 0.25) is 0 Å². The summed E-state index contributed by atoms with van der Waals surface area (Å²) in [6.07, 6.45) is 1.78. The van der Waals surface area contributed by atoms with Gasteiger partial charge < -0.3 is 4.74 Å². The molecule has 0 aliphatic carbocycles. The molecular weight excluding hydrogens is 240 g/mol. The molecule has 1 unspecified atom stereocenters. The lowest BCUT2D eigenvalue weighted by Gasteiger charge is -2.18. The van der Waals surface area contributed by atoms with Crippen molar-refractivity contribution in [3.05, 3.63) is 53.3 Å². The van der Waals surface area contributed by atoms with E-state index >= 15 is 0 Å². The summed E-state index contributed by atoms with van der Waals surface area (Å²) in [5.74, 6) is 5.72. The molecule has 0 aliphatic heterocycles. The summed E-state index contributed by atoms with van der Waals surface area (Å²) in [7, 11) is 1.68. The van der Waals surface area contributed by atoms with Crippen LogP contribution in [0.3, 0.4) is 0 Å². The summed E-state index contributed by atoms with van der Waals surface area (Å²) in [6.45, 7) is 3.40. The molecule has 0 spiro atoms. The number of rotatable bonds is 6. The molecule has 1 aromatic heterocycles. The van der Waals surface area contributed by atoms with Crippen LogP contribution >= 0.6 is 0 Å². The van der Waals surface area contributed by atoms with Gasteiger partial charge in [-0.05, 0) is 18.6 Å². The fraction of sp³-hybridized carbons (Fsp3) is 0.357. The van der Waals surface area contributed by atoms with Crippen LogP contribution in [0.15, 0.2) is 36.5 Å². The Balaban J connectivity index is 2.29. The van der Waals surface area contributed by atoms with Crippen molar-refractivity contribution in [2.75, 3.05) is 13.7 Å². The summed E-state index contributed by atoms with van der Waals surface area (Å²) in [5, 5.41) is 4.31. The molecule has 0 saturated carbocycles. The number of nitrogens with zero attached hydrogens (tertiary/aromatic N) is 2. The van der Waals surface area contributed by atoms with E-state index in [-0.39, 0.29) is 6.04 Å². The number of methoxy groups -OCH3 is 1. The molecule has 0 radical (unpaired) electrons. The van der Waals surface area contributed by atoms with Crippen LogP contribution in [-0.4, -0.2) is 23.5 Å². The molecule has 0 saturated heterocycles. The number of hydrogen-bond acceptors (Lipinski definition) is 4. The first-order valence-corrected chi connectivity index (χ1v) is 6.29. The summed E-state index contributed by atoms with van der Waals surface area (Å²) >= 11 is 0. The van der Waals surface area contributed by atoms with Crippen molar-refractivity contribution >= 4 is 0 Å². The number of aromatic nitrogens is 2. The molecule has 2 aromatic rings. The van der Waals surface area contributed by atoms with Gasteiger partial charge in [-0.25, -0.2) is 5.43 Å². The summed E-state index contributed by atoms with van der Waals surface area (Å²) in [6, 6.07) is 10.2. The fourth-order valence-electron chi connectivity index (χ4n) is 2.15. The molecule has 0 amide bonds. The van der Waals surface area contributed by atoms with Crippen molar-refractivity contribution in [3.8, 4) is 0 Å². The molecule has 1 aromatic carbocycles. The molecule has 2 rings (SSSR count). The Morgan fingerprint density at radius 1 is 1.42 bits per heavy atom. The smallest absolute Gasteiger partial charge is 0.0878 e. The van der Waals surface area contributed by atoms with Gasteiger partial charge in [0.1, 0.15) is 0 Å². The molecule has 1 heterocycles. The maximum atomic E-state index is 5.72. The molecule has 0 bridgehead atoms. The van der Waals surface area contributed by atoms with E-state index < -0.39 is 0 Å². The zero-order valence-electron chi connectivity index (χ0n) is 11.3. The lowest BCUT2D eigenvalue weighted by atomic mass is 10.0. The average Bonchev–Trinajstić information content (AvgIpc) is 2.86. The van der Waals surface area contributed by atoms with Crippen molar-refractivity contribution in [1.82, 2.24) is 15.2 Å². The second-order valence-corrected chi connectivity index (χ2v) is 4.49. The molecule has 102 valence electrons. The Morgan fingerprint density at radius 3 is 2.95 bits per heavy atom. The second-order valence-electron chi connectivity index (χ2n) is 4.49.